The molecule has 0 radical (unpaired) electrons. The number of aryl methyl sites for hydroxylation is 1. The number of halogens is 2. The molecule has 5 nitrogen and oxygen atoms in total. The highest BCUT2D eigenvalue weighted by atomic mass is 35.5. The predicted octanol–water partition coefficient (Wildman–Crippen LogP) is 3.15. The van der Waals surface area contributed by atoms with Gasteiger partial charge in [0.25, 0.3) is 0 Å². The predicted molar refractivity (Wildman–Crippen MR) is 88.3 cm³/mol. The van der Waals surface area contributed by atoms with Gasteiger partial charge in [0.05, 0.1) is 49.5 Å². The molecular weight excluding hydrogens is 323 g/mol. The molecule has 0 bridgehead atoms. The SMILES string of the molecule is Cc1nn(-c2cccc(Cl)c2)c(Cl)c1C=NN1CCOCC1. The number of ether oxygens (including phenoxy) is 1. The first-order valence-corrected chi connectivity index (χ1v) is 7.78. The molecule has 22 heavy (non-hydrogen) atoms. The molecular formula is C15H16Cl2N4O. The van der Waals surface area contributed by atoms with Crippen LogP contribution in [0.2, 0.25) is 10.2 Å². The highest BCUT2D eigenvalue weighted by Gasteiger charge is 2.14. The van der Waals surface area contributed by atoms with Gasteiger partial charge in [-0.05, 0) is 25.1 Å². The molecule has 1 aliphatic rings. The molecule has 1 aromatic heterocycles. The first-order valence-electron chi connectivity index (χ1n) is 7.03. The van der Waals surface area contributed by atoms with Crippen molar-refractivity contribution in [2.24, 2.45) is 5.10 Å². The van der Waals surface area contributed by atoms with Crippen LogP contribution >= 0.6 is 23.2 Å². The van der Waals surface area contributed by atoms with Gasteiger partial charge in [-0.2, -0.15) is 10.2 Å². The van der Waals surface area contributed by atoms with E-state index in [4.69, 9.17) is 27.9 Å². The summed E-state index contributed by atoms with van der Waals surface area (Å²) < 4.78 is 6.97. The first-order chi connectivity index (χ1) is 10.6. The van der Waals surface area contributed by atoms with Gasteiger partial charge < -0.3 is 4.74 Å². The van der Waals surface area contributed by atoms with Crippen LogP contribution < -0.4 is 0 Å². The second kappa shape index (κ2) is 6.69. The zero-order valence-corrected chi connectivity index (χ0v) is 13.7. The Kier molecular flexibility index (Phi) is 4.66. The number of hydrazone groups is 1. The lowest BCUT2D eigenvalue weighted by Crippen LogP contribution is -2.32. The van der Waals surface area contributed by atoms with E-state index in [2.05, 4.69) is 10.2 Å². The fraction of sp³-hybridized carbons (Fsp3) is 0.333. The summed E-state index contributed by atoms with van der Waals surface area (Å²) in [5.74, 6) is 0. The van der Waals surface area contributed by atoms with Crippen molar-refractivity contribution < 1.29 is 4.74 Å². The molecule has 0 unspecified atom stereocenters. The molecule has 116 valence electrons. The zero-order valence-electron chi connectivity index (χ0n) is 12.2. The molecule has 2 heterocycles. The highest BCUT2D eigenvalue weighted by molar-refractivity contribution is 6.32. The lowest BCUT2D eigenvalue weighted by molar-refractivity contribution is 0.0397. The number of rotatable bonds is 3. The van der Waals surface area contributed by atoms with Gasteiger partial charge in [-0.25, -0.2) is 4.68 Å². The third-order valence-corrected chi connectivity index (χ3v) is 4.04. The summed E-state index contributed by atoms with van der Waals surface area (Å²) in [6, 6.07) is 7.42. The Morgan fingerprint density at radius 2 is 2.05 bits per heavy atom. The summed E-state index contributed by atoms with van der Waals surface area (Å²) in [6.45, 7) is 4.89. The van der Waals surface area contributed by atoms with Crippen LogP contribution in [-0.4, -0.2) is 47.3 Å². The second-order valence-electron chi connectivity index (χ2n) is 4.99. The van der Waals surface area contributed by atoms with Crippen LogP contribution in [0.5, 0.6) is 0 Å². The minimum atomic E-state index is 0.525. The van der Waals surface area contributed by atoms with Crippen molar-refractivity contribution in [3.8, 4) is 5.69 Å². The summed E-state index contributed by atoms with van der Waals surface area (Å²) in [5, 5.41) is 12.1. The summed E-state index contributed by atoms with van der Waals surface area (Å²) >= 11 is 12.5. The molecule has 1 aliphatic heterocycles. The van der Waals surface area contributed by atoms with Gasteiger partial charge in [0.15, 0.2) is 0 Å². The van der Waals surface area contributed by atoms with Crippen molar-refractivity contribution in [2.75, 3.05) is 26.3 Å². The van der Waals surface area contributed by atoms with Crippen molar-refractivity contribution in [1.82, 2.24) is 14.8 Å². The van der Waals surface area contributed by atoms with Crippen molar-refractivity contribution in [1.29, 1.82) is 0 Å². The van der Waals surface area contributed by atoms with Crippen LogP contribution in [0, 0.1) is 6.92 Å². The van der Waals surface area contributed by atoms with Gasteiger partial charge >= 0.3 is 0 Å². The molecule has 1 fully saturated rings. The number of benzene rings is 1. The third kappa shape index (κ3) is 3.27. The van der Waals surface area contributed by atoms with Crippen LogP contribution in [0.15, 0.2) is 29.4 Å². The Hall–Kier alpha value is -1.56. The standard InChI is InChI=1S/C15H16Cl2N4O/c1-11-14(10-18-20-5-7-22-8-6-20)15(17)21(19-11)13-4-2-3-12(16)9-13/h2-4,9-10H,5-8H2,1H3. The summed E-state index contributed by atoms with van der Waals surface area (Å²) in [4.78, 5) is 0. The van der Waals surface area contributed by atoms with Gasteiger partial charge in [-0.15, -0.1) is 0 Å². The van der Waals surface area contributed by atoms with Gasteiger partial charge in [0.1, 0.15) is 5.15 Å². The van der Waals surface area contributed by atoms with E-state index in [0.717, 1.165) is 30.0 Å². The van der Waals surface area contributed by atoms with Gasteiger partial charge in [-0.1, -0.05) is 29.3 Å². The van der Waals surface area contributed by atoms with E-state index in [0.29, 0.717) is 23.4 Å². The zero-order chi connectivity index (χ0) is 15.5. The van der Waals surface area contributed by atoms with Crippen molar-refractivity contribution >= 4 is 29.4 Å². The van der Waals surface area contributed by atoms with E-state index in [1.807, 2.05) is 36.2 Å². The first kappa shape index (κ1) is 15.3. The fourth-order valence-electron chi connectivity index (χ4n) is 2.25. The smallest absolute Gasteiger partial charge is 0.142 e. The molecule has 0 atom stereocenters. The number of hydrogen-bond donors (Lipinski definition) is 0. The monoisotopic (exact) mass is 338 g/mol. The van der Waals surface area contributed by atoms with Gasteiger partial charge in [0, 0.05) is 5.02 Å². The maximum absolute atomic E-state index is 6.46. The van der Waals surface area contributed by atoms with Crippen molar-refractivity contribution in [3.63, 3.8) is 0 Å². The Morgan fingerprint density at radius 1 is 1.27 bits per heavy atom. The molecule has 1 aromatic carbocycles. The fourth-order valence-corrected chi connectivity index (χ4v) is 2.75. The number of nitrogens with zero attached hydrogens (tertiary/aromatic N) is 4. The molecule has 0 spiro atoms. The van der Waals surface area contributed by atoms with E-state index in [-0.39, 0.29) is 0 Å². The van der Waals surface area contributed by atoms with Crippen LogP contribution in [-0.2, 0) is 4.74 Å². The van der Waals surface area contributed by atoms with E-state index in [1.165, 1.54) is 0 Å². The maximum atomic E-state index is 6.46. The molecule has 2 aromatic rings. The van der Waals surface area contributed by atoms with Gasteiger partial charge in [0.2, 0.25) is 0 Å². The molecule has 0 aliphatic carbocycles. The highest BCUT2D eigenvalue weighted by Crippen LogP contribution is 2.23. The third-order valence-electron chi connectivity index (χ3n) is 3.44. The molecule has 0 amide bonds. The normalized spacial score (nSPS) is 15.7. The Balaban J connectivity index is 1.88. The van der Waals surface area contributed by atoms with Crippen LogP contribution in [0.3, 0.4) is 0 Å². The van der Waals surface area contributed by atoms with Crippen LogP contribution in [0.1, 0.15) is 11.3 Å². The van der Waals surface area contributed by atoms with E-state index in [9.17, 15) is 0 Å². The van der Waals surface area contributed by atoms with Gasteiger partial charge in [-0.3, -0.25) is 5.01 Å². The molecule has 0 N–H and O–H groups in total. The Labute approximate surface area is 139 Å². The van der Waals surface area contributed by atoms with Crippen LogP contribution in [0.25, 0.3) is 5.69 Å². The largest absolute Gasteiger partial charge is 0.378 e. The lowest BCUT2D eigenvalue weighted by atomic mass is 10.3. The Morgan fingerprint density at radius 3 is 2.77 bits per heavy atom. The molecule has 7 heteroatoms. The summed E-state index contributed by atoms with van der Waals surface area (Å²) in [5.41, 5.74) is 2.46. The number of aromatic nitrogens is 2. The topological polar surface area (TPSA) is 42.7 Å². The number of morpholine rings is 1. The second-order valence-corrected chi connectivity index (χ2v) is 5.79. The van der Waals surface area contributed by atoms with Crippen molar-refractivity contribution in [3.05, 3.63) is 45.7 Å². The summed E-state index contributed by atoms with van der Waals surface area (Å²) in [7, 11) is 0. The lowest BCUT2D eigenvalue weighted by Gasteiger charge is -2.23. The maximum Gasteiger partial charge on any atom is 0.142 e. The Bertz CT molecular complexity index is 693. The minimum absolute atomic E-state index is 0.525. The molecule has 1 saturated heterocycles. The number of hydrogen-bond acceptors (Lipinski definition) is 4. The van der Waals surface area contributed by atoms with E-state index >= 15 is 0 Å². The minimum Gasteiger partial charge on any atom is -0.378 e. The molecule has 3 rings (SSSR count). The van der Waals surface area contributed by atoms with E-state index < -0.39 is 0 Å². The average molecular weight is 339 g/mol. The van der Waals surface area contributed by atoms with Crippen LogP contribution in [0.4, 0.5) is 0 Å². The van der Waals surface area contributed by atoms with E-state index in [1.54, 1.807) is 10.9 Å². The average Bonchev–Trinajstić information content (AvgIpc) is 2.81. The quantitative estimate of drug-likeness (QED) is 0.807. The summed E-state index contributed by atoms with van der Waals surface area (Å²) in [6.07, 6.45) is 1.76. The van der Waals surface area contributed by atoms with Crippen molar-refractivity contribution in [2.45, 2.75) is 6.92 Å². The molecule has 0 saturated carbocycles.